The van der Waals surface area contributed by atoms with E-state index in [1.54, 1.807) is 4.74 Å². The van der Waals surface area contributed by atoms with Gasteiger partial charge in [-0.1, -0.05) is 0 Å². The molecule has 0 bridgehead atoms. The van der Waals surface area contributed by atoms with Gasteiger partial charge in [0.15, 0.2) is 0 Å². The fraction of sp³-hybridized carbons (Fsp3) is 0.800. The van der Waals surface area contributed by atoms with Crippen molar-refractivity contribution in [3.8, 4) is 0 Å². The monoisotopic (exact) mass is 548 g/mol. The van der Waals surface area contributed by atoms with Gasteiger partial charge in [0.1, 0.15) is 0 Å². The van der Waals surface area contributed by atoms with E-state index in [2.05, 4.69) is 0 Å². The molecular formula is C10F20O3. The maximum Gasteiger partial charge on any atom is 0.483 e. The quantitative estimate of drug-likeness (QED) is 0.245. The third kappa shape index (κ3) is 5.77. The minimum absolute atomic E-state index is 1.16. The number of hydrogen-bond donors (Lipinski definition) is 0. The van der Waals surface area contributed by atoms with Crippen LogP contribution in [-0.2, 0) is 14.2 Å². The fourth-order valence-electron chi connectivity index (χ4n) is 1.26. The minimum Gasteiger partial charge on any atom is -0.398 e. The van der Waals surface area contributed by atoms with Crippen molar-refractivity contribution in [3.05, 3.63) is 12.1 Å². The van der Waals surface area contributed by atoms with Crippen molar-refractivity contribution in [1.29, 1.82) is 0 Å². The SMILES string of the molecule is FC(F)=C(F)OC(F)(F)C(F)(OC(F)(F)C(F)(OC(F)(F)C(F)(F)F)C(F)(F)F)C(F)(F)F. The van der Waals surface area contributed by atoms with E-state index in [1.807, 2.05) is 0 Å². The first-order valence-electron chi connectivity index (χ1n) is 6.50. The Bertz CT molecular complexity index is 728. The number of ether oxygens (including phenoxy) is 3. The van der Waals surface area contributed by atoms with Gasteiger partial charge in [0.05, 0.1) is 0 Å². The summed E-state index contributed by atoms with van der Waals surface area (Å²) in [4.78, 5) is 0. The Morgan fingerprint density at radius 3 is 0.970 bits per heavy atom. The van der Waals surface area contributed by atoms with Crippen LogP contribution >= 0.6 is 0 Å². The molecule has 0 spiro atoms. The van der Waals surface area contributed by atoms with Crippen molar-refractivity contribution in [2.75, 3.05) is 0 Å². The Kier molecular flexibility index (Phi) is 7.88. The van der Waals surface area contributed by atoms with E-state index < -0.39 is 60.7 Å². The van der Waals surface area contributed by atoms with Crippen LogP contribution in [0.15, 0.2) is 12.1 Å². The first-order valence-corrected chi connectivity index (χ1v) is 6.50. The predicted octanol–water partition coefficient (Wildman–Crippen LogP) is 6.87. The van der Waals surface area contributed by atoms with Crippen molar-refractivity contribution in [2.45, 2.75) is 48.6 Å². The van der Waals surface area contributed by atoms with Gasteiger partial charge in [0.25, 0.3) is 0 Å². The predicted molar refractivity (Wildman–Crippen MR) is 54.3 cm³/mol. The second-order valence-corrected chi connectivity index (χ2v) is 5.07. The number of rotatable bonds is 8. The molecule has 0 fully saturated rings. The second-order valence-electron chi connectivity index (χ2n) is 5.07. The van der Waals surface area contributed by atoms with Crippen LogP contribution in [0.2, 0.25) is 0 Å². The third-order valence-corrected chi connectivity index (χ3v) is 2.71. The summed E-state index contributed by atoms with van der Waals surface area (Å²) in [5, 5.41) is 0. The van der Waals surface area contributed by atoms with Crippen molar-refractivity contribution in [1.82, 2.24) is 0 Å². The smallest absolute Gasteiger partial charge is 0.398 e. The molecule has 0 aliphatic carbocycles. The summed E-state index contributed by atoms with van der Waals surface area (Å²) in [6.45, 7) is 0. The van der Waals surface area contributed by atoms with E-state index in [1.165, 1.54) is 4.74 Å². The highest BCUT2D eigenvalue weighted by Crippen LogP contribution is 2.57. The van der Waals surface area contributed by atoms with Crippen LogP contribution in [0.25, 0.3) is 0 Å². The Balaban J connectivity index is 6.83. The van der Waals surface area contributed by atoms with Gasteiger partial charge in [0.2, 0.25) is 0 Å². The van der Waals surface area contributed by atoms with E-state index in [0.717, 1.165) is 4.74 Å². The van der Waals surface area contributed by atoms with Gasteiger partial charge in [-0.25, -0.2) is 0 Å². The first-order chi connectivity index (χ1) is 14.0. The fourth-order valence-corrected chi connectivity index (χ4v) is 1.26. The van der Waals surface area contributed by atoms with Gasteiger partial charge in [-0.3, -0.25) is 9.47 Å². The molecule has 0 aromatic heterocycles. The van der Waals surface area contributed by atoms with Crippen LogP contribution in [0.5, 0.6) is 0 Å². The van der Waals surface area contributed by atoms with Crippen molar-refractivity contribution >= 4 is 0 Å². The Morgan fingerprint density at radius 1 is 0.394 bits per heavy atom. The zero-order valence-corrected chi connectivity index (χ0v) is 13.8. The molecule has 198 valence electrons. The molecule has 0 aromatic carbocycles. The van der Waals surface area contributed by atoms with Gasteiger partial charge >= 0.3 is 60.7 Å². The largest absolute Gasteiger partial charge is 0.483 e. The molecule has 3 nitrogen and oxygen atoms in total. The normalized spacial score (nSPS) is 18.4. The van der Waals surface area contributed by atoms with Gasteiger partial charge in [-0.2, -0.15) is 87.8 Å². The van der Waals surface area contributed by atoms with E-state index >= 15 is 0 Å². The molecule has 33 heavy (non-hydrogen) atoms. The summed E-state index contributed by atoms with van der Waals surface area (Å²) < 4.78 is 256. The van der Waals surface area contributed by atoms with Gasteiger partial charge in [-0.05, 0) is 0 Å². The minimum atomic E-state index is -8.29. The zero-order valence-electron chi connectivity index (χ0n) is 13.8. The Morgan fingerprint density at radius 2 is 0.697 bits per heavy atom. The average Bonchev–Trinajstić information content (AvgIpc) is 2.49. The van der Waals surface area contributed by atoms with Crippen LogP contribution in [-0.4, -0.2) is 48.6 Å². The van der Waals surface area contributed by atoms with Gasteiger partial charge in [0, 0.05) is 0 Å². The Hall–Kier alpha value is -1.94. The Labute approximate surface area is 164 Å². The summed E-state index contributed by atoms with van der Waals surface area (Å²) in [6.07, 6.45) is -51.3. The summed E-state index contributed by atoms with van der Waals surface area (Å²) in [7, 11) is 0. The highest BCUT2D eigenvalue weighted by atomic mass is 19.4. The zero-order chi connectivity index (χ0) is 27.3. The molecule has 0 saturated heterocycles. The lowest BCUT2D eigenvalue weighted by atomic mass is 10.2. The lowest BCUT2D eigenvalue weighted by molar-refractivity contribution is -0.569. The molecule has 2 atom stereocenters. The maximum absolute atomic E-state index is 13.6. The van der Waals surface area contributed by atoms with Crippen LogP contribution in [0.4, 0.5) is 87.8 Å². The van der Waals surface area contributed by atoms with E-state index in [0.29, 0.717) is 0 Å². The maximum atomic E-state index is 13.6. The standard InChI is InChI=1S/C10F20O3/c11-1(12)2(13)31-8(25,26)3(14,5(16,17)18)32-9(27,28)4(15,6(19,20)21)33-10(29,30)7(22,23)24. The van der Waals surface area contributed by atoms with Crippen LogP contribution in [0, 0.1) is 0 Å². The van der Waals surface area contributed by atoms with Crippen molar-refractivity contribution < 1.29 is 102 Å². The number of halogens is 20. The molecule has 0 aromatic rings. The van der Waals surface area contributed by atoms with Crippen LogP contribution in [0.1, 0.15) is 0 Å². The lowest BCUT2D eigenvalue weighted by Gasteiger charge is -2.40. The first kappa shape index (κ1) is 31.1. The van der Waals surface area contributed by atoms with E-state index in [9.17, 15) is 87.8 Å². The molecule has 0 saturated carbocycles. The summed E-state index contributed by atoms with van der Waals surface area (Å²) in [5.41, 5.74) is 0. The number of hydrogen-bond acceptors (Lipinski definition) is 3. The molecule has 0 rings (SSSR count). The second kappa shape index (κ2) is 8.37. The highest BCUT2D eigenvalue weighted by molar-refractivity contribution is 4.96. The molecule has 0 aliphatic rings. The van der Waals surface area contributed by atoms with Gasteiger partial charge in [-0.15, -0.1) is 0 Å². The molecule has 23 heteroatoms. The summed E-state index contributed by atoms with van der Waals surface area (Å²) in [6, 6.07) is -4.21. The van der Waals surface area contributed by atoms with Crippen LogP contribution in [0.3, 0.4) is 0 Å². The summed E-state index contributed by atoms with van der Waals surface area (Å²) >= 11 is 0. The van der Waals surface area contributed by atoms with E-state index in [4.69, 9.17) is 0 Å². The molecular weight excluding hydrogens is 548 g/mol. The highest BCUT2D eigenvalue weighted by Gasteiger charge is 2.86. The molecule has 0 radical (unpaired) electrons. The summed E-state index contributed by atoms with van der Waals surface area (Å²) in [5.74, 6) is -16.3. The molecule has 0 aliphatic heterocycles. The van der Waals surface area contributed by atoms with Crippen LogP contribution < -0.4 is 0 Å². The average molecular weight is 548 g/mol. The van der Waals surface area contributed by atoms with Crippen molar-refractivity contribution in [3.63, 3.8) is 0 Å². The van der Waals surface area contributed by atoms with Gasteiger partial charge < -0.3 is 4.74 Å². The van der Waals surface area contributed by atoms with Crippen molar-refractivity contribution in [2.24, 2.45) is 0 Å². The molecule has 0 heterocycles. The van der Waals surface area contributed by atoms with E-state index in [-0.39, 0.29) is 0 Å². The molecule has 0 N–H and O–H groups in total. The third-order valence-electron chi connectivity index (χ3n) is 2.71. The molecule has 2 unspecified atom stereocenters. The number of alkyl halides is 17. The lowest BCUT2D eigenvalue weighted by Crippen LogP contribution is -2.68. The molecule has 0 amide bonds. The topological polar surface area (TPSA) is 27.7 Å².